The molecule has 1 heterocycles. The van der Waals surface area contributed by atoms with Crippen LogP contribution in [0, 0.1) is 0 Å². The van der Waals surface area contributed by atoms with E-state index in [-0.39, 0.29) is 10.9 Å². The van der Waals surface area contributed by atoms with Crippen LogP contribution in [0.2, 0.25) is 0 Å². The molecule has 0 amide bonds. The van der Waals surface area contributed by atoms with E-state index in [4.69, 9.17) is 4.74 Å². The van der Waals surface area contributed by atoms with E-state index in [0.717, 1.165) is 19.4 Å². The van der Waals surface area contributed by atoms with Crippen molar-refractivity contribution in [2.45, 2.75) is 43.7 Å². The molecule has 0 aliphatic carbocycles. The Labute approximate surface area is 120 Å². The first-order chi connectivity index (χ1) is 9.51. The van der Waals surface area contributed by atoms with E-state index in [9.17, 15) is 8.42 Å². The van der Waals surface area contributed by atoms with Crippen LogP contribution in [0.5, 0.6) is 5.75 Å². The number of rotatable bonds is 5. The topological polar surface area (TPSA) is 67.4 Å². The third-order valence-corrected chi connectivity index (χ3v) is 4.93. The summed E-state index contributed by atoms with van der Waals surface area (Å²) in [5.41, 5.74) is 0. The van der Waals surface area contributed by atoms with E-state index in [2.05, 4.69) is 17.0 Å². The number of piperidine rings is 1. The van der Waals surface area contributed by atoms with E-state index in [1.807, 2.05) is 6.92 Å². The maximum Gasteiger partial charge on any atom is 0.240 e. The van der Waals surface area contributed by atoms with Crippen LogP contribution in [0.15, 0.2) is 29.2 Å². The predicted molar refractivity (Wildman–Crippen MR) is 78.4 cm³/mol. The summed E-state index contributed by atoms with van der Waals surface area (Å²) in [6.07, 6.45) is 1.64. The van der Waals surface area contributed by atoms with Crippen molar-refractivity contribution in [1.82, 2.24) is 10.0 Å². The zero-order chi connectivity index (χ0) is 14.6. The zero-order valence-electron chi connectivity index (χ0n) is 11.9. The Balaban J connectivity index is 2.05. The number of sulfonamides is 1. The van der Waals surface area contributed by atoms with Gasteiger partial charge in [-0.2, -0.15) is 0 Å². The standard InChI is InChI=1S/C14H22N2O3S/c1-3-19-13-4-6-14(7-5-13)20(17,18)16-12-8-9-15-11(2)10-12/h4-7,11-12,15-16H,3,8-10H2,1-2H3. The number of benzene rings is 1. The second-order valence-electron chi connectivity index (χ2n) is 5.10. The van der Waals surface area contributed by atoms with Gasteiger partial charge >= 0.3 is 0 Å². The second-order valence-corrected chi connectivity index (χ2v) is 6.82. The highest BCUT2D eigenvalue weighted by Crippen LogP contribution is 2.18. The minimum Gasteiger partial charge on any atom is -0.494 e. The van der Waals surface area contributed by atoms with Gasteiger partial charge in [0.05, 0.1) is 11.5 Å². The van der Waals surface area contributed by atoms with E-state index >= 15 is 0 Å². The summed E-state index contributed by atoms with van der Waals surface area (Å²) in [5, 5.41) is 3.31. The normalized spacial score (nSPS) is 23.5. The first kappa shape index (κ1) is 15.3. The predicted octanol–water partition coefficient (Wildman–Crippen LogP) is 1.50. The van der Waals surface area contributed by atoms with Gasteiger partial charge in [-0.25, -0.2) is 13.1 Å². The van der Waals surface area contributed by atoms with Crippen LogP contribution in [0.1, 0.15) is 26.7 Å². The van der Waals surface area contributed by atoms with Gasteiger partial charge in [-0.05, 0) is 57.5 Å². The van der Waals surface area contributed by atoms with Gasteiger partial charge in [-0.15, -0.1) is 0 Å². The van der Waals surface area contributed by atoms with Crippen molar-refractivity contribution in [2.75, 3.05) is 13.2 Å². The number of nitrogens with one attached hydrogen (secondary N) is 2. The molecule has 6 heteroatoms. The van der Waals surface area contributed by atoms with Gasteiger partial charge in [0.25, 0.3) is 0 Å². The molecule has 20 heavy (non-hydrogen) atoms. The molecule has 5 nitrogen and oxygen atoms in total. The summed E-state index contributed by atoms with van der Waals surface area (Å²) < 4.78 is 32.7. The van der Waals surface area contributed by atoms with Gasteiger partial charge in [-0.1, -0.05) is 0 Å². The van der Waals surface area contributed by atoms with E-state index in [0.29, 0.717) is 18.4 Å². The minimum absolute atomic E-state index is 0.00261. The third kappa shape index (κ3) is 3.94. The Kier molecular flexibility index (Phi) is 5.01. The zero-order valence-corrected chi connectivity index (χ0v) is 12.7. The second kappa shape index (κ2) is 6.56. The lowest BCUT2D eigenvalue weighted by Gasteiger charge is -2.28. The van der Waals surface area contributed by atoms with E-state index in [1.165, 1.54) is 0 Å². The van der Waals surface area contributed by atoms with Gasteiger partial charge in [-0.3, -0.25) is 0 Å². The summed E-state index contributed by atoms with van der Waals surface area (Å²) in [6.45, 7) is 5.37. The first-order valence-electron chi connectivity index (χ1n) is 7.00. The molecule has 112 valence electrons. The lowest BCUT2D eigenvalue weighted by Crippen LogP contribution is -2.46. The summed E-state index contributed by atoms with van der Waals surface area (Å²) in [4.78, 5) is 0.284. The van der Waals surface area contributed by atoms with Gasteiger partial charge in [0.1, 0.15) is 5.75 Å². The lowest BCUT2D eigenvalue weighted by atomic mass is 10.0. The average Bonchev–Trinajstić information content (AvgIpc) is 2.39. The SMILES string of the molecule is CCOc1ccc(S(=O)(=O)NC2CCNC(C)C2)cc1. The molecule has 0 bridgehead atoms. The van der Waals surface area contributed by atoms with E-state index < -0.39 is 10.0 Å². The Bertz CT molecular complexity index is 528. The van der Waals surface area contributed by atoms with Gasteiger partial charge in [0.2, 0.25) is 10.0 Å². The fourth-order valence-electron chi connectivity index (χ4n) is 2.41. The van der Waals surface area contributed by atoms with Crippen LogP contribution in [0.3, 0.4) is 0 Å². The molecule has 2 unspecified atom stereocenters. The van der Waals surface area contributed by atoms with Crippen LogP contribution in [0.25, 0.3) is 0 Å². The number of ether oxygens (including phenoxy) is 1. The highest BCUT2D eigenvalue weighted by atomic mass is 32.2. The number of hydrogen-bond acceptors (Lipinski definition) is 4. The van der Waals surface area contributed by atoms with Crippen LogP contribution in [0.4, 0.5) is 0 Å². The van der Waals surface area contributed by atoms with Gasteiger partial charge < -0.3 is 10.1 Å². The highest BCUT2D eigenvalue weighted by molar-refractivity contribution is 7.89. The monoisotopic (exact) mass is 298 g/mol. The maximum atomic E-state index is 12.3. The van der Waals surface area contributed by atoms with Crippen LogP contribution in [-0.4, -0.2) is 33.7 Å². The molecule has 1 aliphatic rings. The largest absolute Gasteiger partial charge is 0.494 e. The fourth-order valence-corrected chi connectivity index (χ4v) is 3.69. The quantitative estimate of drug-likeness (QED) is 0.864. The molecular weight excluding hydrogens is 276 g/mol. The molecule has 2 rings (SSSR count). The third-order valence-electron chi connectivity index (χ3n) is 3.39. The molecule has 1 aromatic rings. The van der Waals surface area contributed by atoms with Crippen molar-refractivity contribution in [2.24, 2.45) is 0 Å². The van der Waals surface area contributed by atoms with Crippen LogP contribution in [-0.2, 0) is 10.0 Å². The van der Waals surface area contributed by atoms with Gasteiger partial charge in [0.15, 0.2) is 0 Å². The van der Waals surface area contributed by atoms with Gasteiger partial charge in [0, 0.05) is 12.1 Å². The van der Waals surface area contributed by atoms with Crippen molar-refractivity contribution in [3.63, 3.8) is 0 Å². The highest BCUT2D eigenvalue weighted by Gasteiger charge is 2.24. The molecule has 1 saturated heterocycles. The molecule has 1 aromatic carbocycles. The van der Waals surface area contributed by atoms with E-state index in [1.54, 1.807) is 24.3 Å². The molecule has 0 saturated carbocycles. The molecular formula is C14H22N2O3S. The Morgan fingerprint density at radius 1 is 1.35 bits per heavy atom. The molecule has 0 radical (unpaired) electrons. The molecule has 0 spiro atoms. The average molecular weight is 298 g/mol. The smallest absolute Gasteiger partial charge is 0.240 e. The molecule has 0 aromatic heterocycles. The van der Waals surface area contributed by atoms with Crippen LogP contribution >= 0.6 is 0 Å². The summed E-state index contributed by atoms with van der Waals surface area (Å²) in [6, 6.07) is 6.88. The summed E-state index contributed by atoms with van der Waals surface area (Å²) in [7, 11) is -3.45. The Morgan fingerprint density at radius 2 is 2.05 bits per heavy atom. The van der Waals surface area contributed by atoms with Crippen LogP contribution < -0.4 is 14.8 Å². The van der Waals surface area contributed by atoms with Crippen molar-refractivity contribution in [1.29, 1.82) is 0 Å². The fraction of sp³-hybridized carbons (Fsp3) is 0.571. The maximum absolute atomic E-state index is 12.3. The molecule has 1 aliphatic heterocycles. The molecule has 1 fully saturated rings. The first-order valence-corrected chi connectivity index (χ1v) is 8.48. The Hall–Kier alpha value is -1.11. The summed E-state index contributed by atoms with van der Waals surface area (Å²) >= 11 is 0. The molecule has 2 N–H and O–H groups in total. The minimum atomic E-state index is -3.45. The van der Waals surface area contributed by atoms with Crippen molar-refractivity contribution < 1.29 is 13.2 Å². The Morgan fingerprint density at radius 3 is 2.65 bits per heavy atom. The molecule has 2 atom stereocenters. The van der Waals surface area contributed by atoms with Crippen molar-refractivity contribution in [3.05, 3.63) is 24.3 Å². The summed E-state index contributed by atoms with van der Waals surface area (Å²) in [5.74, 6) is 0.682. The lowest BCUT2D eigenvalue weighted by molar-refractivity contribution is 0.340. The van der Waals surface area contributed by atoms with Crippen molar-refractivity contribution in [3.8, 4) is 5.75 Å². The number of hydrogen-bond donors (Lipinski definition) is 2. The van der Waals surface area contributed by atoms with Crippen molar-refractivity contribution >= 4 is 10.0 Å².